The summed E-state index contributed by atoms with van der Waals surface area (Å²) < 4.78 is 0. The van der Waals surface area contributed by atoms with Crippen LogP contribution >= 0.6 is 0 Å². The summed E-state index contributed by atoms with van der Waals surface area (Å²) in [6.45, 7) is 4.33. The summed E-state index contributed by atoms with van der Waals surface area (Å²) in [6.07, 6.45) is 0. The van der Waals surface area contributed by atoms with Crippen molar-refractivity contribution in [3.8, 4) is 0 Å². The van der Waals surface area contributed by atoms with Gasteiger partial charge in [-0.15, -0.1) is 0 Å². The number of hydrogen-bond acceptors (Lipinski definition) is 4. The molecule has 0 spiro atoms. The van der Waals surface area contributed by atoms with Gasteiger partial charge in [0.05, 0.1) is 0 Å². The first-order chi connectivity index (χ1) is 6.93. The largest absolute Gasteiger partial charge is 0.481 e. The van der Waals surface area contributed by atoms with E-state index in [1.54, 1.807) is 0 Å². The minimum Gasteiger partial charge on any atom is -0.481 e. The number of aliphatic carboxylic acids is 4. The van der Waals surface area contributed by atoms with Crippen LogP contribution in [0.1, 0.15) is 27.7 Å². The van der Waals surface area contributed by atoms with Gasteiger partial charge in [-0.2, -0.15) is 0 Å². The van der Waals surface area contributed by atoms with Crippen molar-refractivity contribution >= 4 is 23.9 Å². The van der Waals surface area contributed by atoms with Crippen LogP contribution in [0.4, 0.5) is 0 Å². The van der Waals surface area contributed by atoms with Crippen LogP contribution in [0, 0.1) is 0 Å². The van der Waals surface area contributed by atoms with Gasteiger partial charge in [0.2, 0.25) is 0 Å². The summed E-state index contributed by atoms with van der Waals surface area (Å²) in [7, 11) is 0. The third-order valence-electron chi connectivity index (χ3n) is 0. The van der Waals surface area contributed by atoms with E-state index in [0.29, 0.717) is 0 Å². The van der Waals surface area contributed by atoms with Crippen molar-refractivity contribution in [1.29, 1.82) is 0 Å². The van der Waals surface area contributed by atoms with Gasteiger partial charge >= 0.3 is 0 Å². The van der Waals surface area contributed by atoms with E-state index in [1.807, 2.05) is 0 Å². The average molecular weight is 299 g/mol. The SMILES string of the molecule is CC(=O)O.CC(=O)O.CC(=O)O.CC(=O)O.[Ni]. The van der Waals surface area contributed by atoms with Gasteiger partial charge in [0.15, 0.2) is 0 Å². The fraction of sp³-hybridized carbons (Fsp3) is 0.500. The summed E-state index contributed by atoms with van der Waals surface area (Å²) in [4.78, 5) is 36.0. The number of carboxylic acid groups (broad SMARTS) is 4. The molecule has 106 valence electrons. The Hall–Kier alpha value is -1.63. The zero-order valence-electron chi connectivity index (χ0n) is 9.74. The fourth-order valence-electron chi connectivity index (χ4n) is 0. The molecule has 0 aliphatic heterocycles. The zero-order chi connectivity index (χ0) is 14.3. The van der Waals surface area contributed by atoms with E-state index in [2.05, 4.69) is 0 Å². The van der Waals surface area contributed by atoms with Crippen LogP contribution in [-0.4, -0.2) is 44.3 Å². The van der Waals surface area contributed by atoms with Gasteiger partial charge in [-0.05, 0) is 0 Å². The smallest absolute Gasteiger partial charge is 0.300 e. The second-order valence-corrected chi connectivity index (χ2v) is 2.08. The van der Waals surface area contributed by atoms with Crippen molar-refractivity contribution in [1.82, 2.24) is 0 Å². The van der Waals surface area contributed by atoms with E-state index in [9.17, 15) is 0 Å². The van der Waals surface area contributed by atoms with E-state index in [4.69, 9.17) is 39.6 Å². The molecule has 0 heterocycles. The Balaban J connectivity index is -0.0000000369. The van der Waals surface area contributed by atoms with E-state index >= 15 is 0 Å². The van der Waals surface area contributed by atoms with Gasteiger partial charge in [0.25, 0.3) is 23.9 Å². The number of rotatable bonds is 0. The molecular weight excluding hydrogens is 283 g/mol. The Bertz CT molecular complexity index is 162. The Morgan fingerprint density at radius 2 is 0.529 bits per heavy atom. The third-order valence-corrected chi connectivity index (χ3v) is 0. The van der Waals surface area contributed by atoms with Crippen LogP contribution in [0.25, 0.3) is 0 Å². The van der Waals surface area contributed by atoms with Crippen molar-refractivity contribution in [2.75, 3.05) is 0 Å². The van der Waals surface area contributed by atoms with E-state index in [0.717, 1.165) is 27.7 Å². The van der Waals surface area contributed by atoms with Crippen LogP contribution in [0.3, 0.4) is 0 Å². The Morgan fingerprint density at radius 3 is 0.529 bits per heavy atom. The monoisotopic (exact) mass is 298 g/mol. The van der Waals surface area contributed by atoms with Crippen molar-refractivity contribution in [2.45, 2.75) is 27.7 Å². The quantitative estimate of drug-likeness (QED) is 0.468. The minimum atomic E-state index is -0.833. The summed E-state index contributed by atoms with van der Waals surface area (Å²) in [5, 5.41) is 29.7. The van der Waals surface area contributed by atoms with Crippen LogP contribution in [0.5, 0.6) is 0 Å². The molecule has 0 aromatic heterocycles. The molecule has 0 aromatic carbocycles. The molecule has 0 radical (unpaired) electrons. The van der Waals surface area contributed by atoms with Crippen LogP contribution in [0.15, 0.2) is 0 Å². The molecule has 0 saturated carbocycles. The van der Waals surface area contributed by atoms with E-state index < -0.39 is 23.9 Å². The maximum absolute atomic E-state index is 9.00. The first-order valence-electron chi connectivity index (χ1n) is 3.71. The van der Waals surface area contributed by atoms with Crippen molar-refractivity contribution in [3.63, 3.8) is 0 Å². The summed E-state index contributed by atoms with van der Waals surface area (Å²) in [5.74, 6) is -3.33. The van der Waals surface area contributed by atoms with Gasteiger partial charge in [-0.25, -0.2) is 0 Å². The maximum atomic E-state index is 9.00. The molecule has 0 atom stereocenters. The molecule has 9 heteroatoms. The third kappa shape index (κ3) is 832. The molecule has 0 aliphatic carbocycles. The van der Waals surface area contributed by atoms with Gasteiger partial charge in [-0.3, -0.25) is 19.2 Å². The van der Waals surface area contributed by atoms with Crippen molar-refractivity contribution in [2.24, 2.45) is 0 Å². The predicted octanol–water partition coefficient (Wildman–Crippen LogP) is 0.361. The average Bonchev–Trinajstić information content (AvgIpc) is 1.76. The molecular formula is C8H16NiO8. The molecule has 0 aromatic rings. The molecule has 8 nitrogen and oxygen atoms in total. The number of carboxylic acids is 4. The van der Waals surface area contributed by atoms with Crippen LogP contribution < -0.4 is 0 Å². The summed E-state index contributed by atoms with van der Waals surface area (Å²) in [5.41, 5.74) is 0. The molecule has 0 saturated heterocycles. The van der Waals surface area contributed by atoms with Gasteiger partial charge in [0.1, 0.15) is 0 Å². The second kappa shape index (κ2) is 23.9. The van der Waals surface area contributed by atoms with Gasteiger partial charge in [-0.1, -0.05) is 0 Å². The minimum absolute atomic E-state index is 0. The molecule has 4 N–H and O–H groups in total. The summed E-state index contributed by atoms with van der Waals surface area (Å²) >= 11 is 0. The van der Waals surface area contributed by atoms with Crippen molar-refractivity contribution < 1.29 is 56.1 Å². The van der Waals surface area contributed by atoms with Gasteiger partial charge < -0.3 is 20.4 Å². The predicted molar refractivity (Wildman–Crippen MR) is 53.2 cm³/mol. The summed E-state index contributed by atoms with van der Waals surface area (Å²) in [6, 6.07) is 0. The first kappa shape index (κ1) is 29.5. The molecule has 0 amide bonds. The van der Waals surface area contributed by atoms with Crippen LogP contribution in [-0.2, 0) is 35.7 Å². The molecule has 17 heavy (non-hydrogen) atoms. The topological polar surface area (TPSA) is 149 Å². The maximum Gasteiger partial charge on any atom is 0.300 e. The van der Waals surface area contributed by atoms with Crippen molar-refractivity contribution in [3.05, 3.63) is 0 Å². The first-order valence-corrected chi connectivity index (χ1v) is 3.71. The Morgan fingerprint density at radius 1 is 0.529 bits per heavy atom. The number of hydrogen-bond donors (Lipinski definition) is 4. The molecule has 0 fully saturated rings. The van der Waals surface area contributed by atoms with E-state index in [-0.39, 0.29) is 16.5 Å². The standard InChI is InChI=1S/4C2H4O2.Ni/c4*1-2(3)4;/h4*1H3,(H,3,4);. The van der Waals surface area contributed by atoms with E-state index in [1.165, 1.54) is 0 Å². The molecule has 0 aliphatic rings. The molecule has 0 unspecified atom stereocenters. The molecule has 0 bridgehead atoms. The number of carbonyl (C=O) groups is 4. The molecule has 0 rings (SSSR count). The van der Waals surface area contributed by atoms with Gasteiger partial charge in [0, 0.05) is 44.2 Å². The van der Waals surface area contributed by atoms with Crippen LogP contribution in [0.2, 0.25) is 0 Å². The Kier molecular flexibility index (Phi) is 41.5. The zero-order valence-corrected chi connectivity index (χ0v) is 10.7. The Labute approximate surface area is 108 Å². The second-order valence-electron chi connectivity index (χ2n) is 2.08. The normalized spacial score (nSPS) is 5.88. The fourth-order valence-corrected chi connectivity index (χ4v) is 0.